The molecule has 0 bridgehead atoms. The molecule has 1 saturated carbocycles. The number of anilines is 1. The fraction of sp³-hybridized carbons (Fsp3) is 0.367. The van der Waals surface area contributed by atoms with Crippen LogP contribution in [-0.4, -0.2) is 39.6 Å². The number of carbonyl (C=O) groups is 1. The van der Waals surface area contributed by atoms with E-state index in [9.17, 15) is 22.4 Å². The molecule has 5 rings (SSSR count). The largest absolute Gasteiger partial charge is 0.490 e. The SMILES string of the molecule is COC(=O)C1(COc2cc(-c3ccc(F)cc3)cc3c(N[C@H](C)c4cnc(C(F)(F)F)nc4)ncnc23)CCCCC1. The Bertz CT molecular complexity index is 1560. The number of hydrogen-bond donors (Lipinski definition) is 1. The highest BCUT2D eigenvalue weighted by Crippen LogP contribution is 2.40. The number of ether oxygens (including phenoxy) is 2. The molecule has 2 heterocycles. The second kappa shape index (κ2) is 11.9. The summed E-state index contributed by atoms with van der Waals surface area (Å²) in [6, 6.07) is 9.06. The number of rotatable bonds is 8. The quantitative estimate of drug-likeness (QED) is 0.176. The van der Waals surface area contributed by atoms with Crippen LogP contribution in [0.4, 0.5) is 23.4 Å². The summed E-state index contributed by atoms with van der Waals surface area (Å²) in [5, 5.41) is 3.77. The third kappa shape index (κ3) is 6.12. The fourth-order valence-electron chi connectivity index (χ4n) is 5.23. The Morgan fingerprint density at radius 3 is 2.33 bits per heavy atom. The molecule has 0 aliphatic heterocycles. The van der Waals surface area contributed by atoms with Crippen LogP contribution in [-0.2, 0) is 15.7 Å². The van der Waals surface area contributed by atoms with E-state index in [4.69, 9.17) is 9.47 Å². The zero-order valence-corrected chi connectivity index (χ0v) is 23.0. The minimum Gasteiger partial charge on any atom is -0.490 e. The van der Waals surface area contributed by atoms with Crippen molar-refractivity contribution in [2.75, 3.05) is 19.0 Å². The number of esters is 1. The molecule has 2 aromatic carbocycles. The summed E-state index contributed by atoms with van der Waals surface area (Å²) in [5.74, 6) is -1.13. The zero-order chi connectivity index (χ0) is 29.9. The van der Waals surface area contributed by atoms with Gasteiger partial charge in [0.15, 0.2) is 0 Å². The highest BCUT2D eigenvalue weighted by molar-refractivity contribution is 5.96. The molecule has 1 aliphatic carbocycles. The van der Waals surface area contributed by atoms with Crippen LogP contribution in [0.25, 0.3) is 22.0 Å². The lowest BCUT2D eigenvalue weighted by atomic mass is 9.74. The van der Waals surface area contributed by atoms with Crippen LogP contribution in [0.15, 0.2) is 55.1 Å². The molecule has 0 spiro atoms. The standard InChI is InChI=1S/C30H29F4N5O3/c1-18(21-14-35-27(36-15-21)30(32,33)34)39-26-23-12-20(19-6-8-22(31)9-7-19)13-24(25(23)37-17-38-26)42-16-29(28(40)41-2)10-4-3-5-11-29/h6-9,12-15,17-18H,3-5,10-11,16H2,1-2H3,(H,37,38,39)/t18-/m1/s1. The molecule has 0 amide bonds. The van der Waals surface area contributed by atoms with Gasteiger partial charge in [-0.25, -0.2) is 24.3 Å². The van der Waals surface area contributed by atoms with Crippen molar-refractivity contribution in [1.29, 1.82) is 0 Å². The summed E-state index contributed by atoms with van der Waals surface area (Å²) >= 11 is 0. The van der Waals surface area contributed by atoms with Crippen molar-refractivity contribution in [3.63, 3.8) is 0 Å². The van der Waals surface area contributed by atoms with E-state index in [1.807, 2.05) is 6.07 Å². The Kier molecular flexibility index (Phi) is 8.24. The number of benzene rings is 2. The molecule has 220 valence electrons. The molecule has 2 aromatic heterocycles. The maximum absolute atomic E-state index is 13.7. The van der Waals surface area contributed by atoms with Crippen LogP contribution in [0, 0.1) is 11.2 Å². The number of nitrogens with one attached hydrogen (secondary N) is 1. The Morgan fingerprint density at radius 1 is 1.00 bits per heavy atom. The van der Waals surface area contributed by atoms with Crippen LogP contribution < -0.4 is 10.1 Å². The van der Waals surface area contributed by atoms with E-state index in [-0.39, 0.29) is 18.4 Å². The van der Waals surface area contributed by atoms with E-state index < -0.39 is 23.5 Å². The van der Waals surface area contributed by atoms with Crippen LogP contribution in [0.3, 0.4) is 0 Å². The Hall–Kier alpha value is -4.35. The summed E-state index contributed by atoms with van der Waals surface area (Å²) in [7, 11) is 1.37. The number of halogens is 4. The summed E-state index contributed by atoms with van der Waals surface area (Å²) in [6.07, 6.45) is 3.03. The average Bonchev–Trinajstić information content (AvgIpc) is 3.00. The minimum atomic E-state index is -4.64. The lowest BCUT2D eigenvalue weighted by Gasteiger charge is -2.34. The van der Waals surface area contributed by atoms with E-state index >= 15 is 0 Å². The van der Waals surface area contributed by atoms with Crippen LogP contribution >= 0.6 is 0 Å². The van der Waals surface area contributed by atoms with Crippen LogP contribution in [0.1, 0.15) is 56.5 Å². The van der Waals surface area contributed by atoms with Gasteiger partial charge in [0, 0.05) is 23.3 Å². The van der Waals surface area contributed by atoms with Gasteiger partial charge in [0.25, 0.3) is 0 Å². The first-order chi connectivity index (χ1) is 20.1. The lowest BCUT2D eigenvalue weighted by molar-refractivity contribution is -0.157. The number of fused-ring (bicyclic) bond motifs is 1. The predicted molar refractivity (Wildman–Crippen MR) is 147 cm³/mol. The van der Waals surface area contributed by atoms with Gasteiger partial charge in [-0.1, -0.05) is 31.4 Å². The molecular formula is C30H29F4N5O3. The second-order valence-corrected chi connectivity index (χ2v) is 10.4. The van der Waals surface area contributed by atoms with Crippen molar-refractivity contribution in [1.82, 2.24) is 19.9 Å². The molecule has 42 heavy (non-hydrogen) atoms. The molecular weight excluding hydrogens is 554 g/mol. The van der Waals surface area contributed by atoms with Gasteiger partial charge in [-0.2, -0.15) is 13.2 Å². The van der Waals surface area contributed by atoms with Crippen molar-refractivity contribution >= 4 is 22.7 Å². The molecule has 1 aliphatic rings. The number of hydrogen-bond acceptors (Lipinski definition) is 8. The third-order valence-corrected chi connectivity index (χ3v) is 7.59. The smallest absolute Gasteiger partial charge is 0.451 e. The molecule has 1 fully saturated rings. The molecule has 0 saturated heterocycles. The Morgan fingerprint density at radius 2 is 1.69 bits per heavy atom. The van der Waals surface area contributed by atoms with E-state index in [2.05, 4.69) is 25.3 Å². The maximum Gasteiger partial charge on any atom is 0.451 e. The lowest BCUT2D eigenvalue weighted by Crippen LogP contribution is -2.40. The van der Waals surface area contributed by atoms with Crippen LogP contribution in [0.5, 0.6) is 5.75 Å². The highest BCUT2D eigenvalue weighted by Gasteiger charge is 2.42. The Labute approximate surface area is 239 Å². The highest BCUT2D eigenvalue weighted by atomic mass is 19.4. The van der Waals surface area contributed by atoms with E-state index in [1.54, 1.807) is 25.1 Å². The van der Waals surface area contributed by atoms with Gasteiger partial charge in [-0.15, -0.1) is 0 Å². The number of aromatic nitrogens is 4. The maximum atomic E-state index is 13.7. The third-order valence-electron chi connectivity index (χ3n) is 7.59. The fourth-order valence-corrected chi connectivity index (χ4v) is 5.23. The first-order valence-corrected chi connectivity index (χ1v) is 13.5. The molecule has 0 radical (unpaired) electrons. The first-order valence-electron chi connectivity index (χ1n) is 13.5. The number of nitrogens with zero attached hydrogens (tertiary/aromatic N) is 4. The predicted octanol–water partition coefficient (Wildman–Crippen LogP) is 6.92. The van der Waals surface area contributed by atoms with Crippen molar-refractivity contribution in [3.05, 3.63) is 72.3 Å². The van der Waals surface area contributed by atoms with Gasteiger partial charge in [-0.3, -0.25) is 4.79 Å². The topological polar surface area (TPSA) is 99.1 Å². The molecule has 8 nitrogen and oxygen atoms in total. The Balaban J connectivity index is 1.53. The van der Waals surface area contributed by atoms with E-state index in [1.165, 1.54) is 25.6 Å². The van der Waals surface area contributed by atoms with Gasteiger partial charge >= 0.3 is 12.1 Å². The monoisotopic (exact) mass is 583 g/mol. The minimum absolute atomic E-state index is 0.0910. The van der Waals surface area contributed by atoms with Gasteiger partial charge in [0.2, 0.25) is 5.82 Å². The number of carbonyl (C=O) groups excluding carboxylic acids is 1. The number of methoxy groups -OCH3 is 1. The molecule has 0 unspecified atom stereocenters. The van der Waals surface area contributed by atoms with Gasteiger partial charge < -0.3 is 14.8 Å². The molecule has 1 N–H and O–H groups in total. The van der Waals surface area contributed by atoms with Gasteiger partial charge in [0.1, 0.15) is 41.3 Å². The first kappa shape index (κ1) is 29.2. The van der Waals surface area contributed by atoms with Crippen LogP contribution in [0.2, 0.25) is 0 Å². The molecule has 1 atom stereocenters. The second-order valence-electron chi connectivity index (χ2n) is 10.4. The van der Waals surface area contributed by atoms with Crippen molar-refractivity contribution in [3.8, 4) is 16.9 Å². The van der Waals surface area contributed by atoms with Crippen molar-refractivity contribution < 1.29 is 31.8 Å². The van der Waals surface area contributed by atoms with Gasteiger partial charge in [0.05, 0.1) is 13.2 Å². The summed E-state index contributed by atoms with van der Waals surface area (Å²) in [5.41, 5.74) is 1.50. The molecule has 12 heteroatoms. The summed E-state index contributed by atoms with van der Waals surface area (Å²) in [6.45, 7) is 1.83. The summed E-state index contributed by atoms with van der Waals surface area (Å²) in [4.78, 5) is 28.6. The zero-order valence-electron chi connectivity index (χ0n) is 23.0. The van der Waals surface area contributed by atoms with E-state index in [0.717, 1.165) is 31.7 Å². The average molecular weight is 584 g/mol. The molecule has 4 aromatic rings. The normalized spacial score (nSPS) is 15.7. The summed E-state index contributed by atoms with van der Waals surface area (Å²) < 4.78 is 64.0. The number of alkyl halides is 3. The van der Waals surface area contributed by atoms with Gasteiger partial charge in [-0.05, 0) is 55.2 Å². The van der Waals surface area contributed by atoms with Crippen molar-refractivity contribution in [2.24, 2.45) is 5.41 Å². The van der Waals surface area contributed by atoms with E-state index in [0.29, 0.717) is 52.0 Å². The van der Waals surface area contributed by atoms with Crippen molar-refractivity contribution in [2.45, 2.75) is 51.2 Å².